The maximum absolute atomic E-state index is 11.8. The molecule has 3 fully saturated rings. The molecule has 6 aliphatic rings. The molecule has 0 radical (unpaired) electrons. The van der Waals surface area contributed by atoms with Crippen molar-refractivity contribution in [2.75, 3.05) is 30.8 Å². The third-order valence-electron chi connectivity index (χ3n) is 16.1. The van der Waals surface area contributed by atoms with E-state index in [9.17, 15) is 50.1 Å². The molecule has 0 aliphatic carbocycles. The van der Waals surface area contributed by atoms with E-state index in [-0.39, 0.29) is 147 Å². The lowest BCUT2D eigenvalue weighted by Gasteiger charge is -2.16. The van der Waals surface area contributed by atoms with Crippen LogP contribution in [-0.4, -0.2) is 280 Å². The number of nitrogens with one attached hydrogen (secondary N) is 12. The summed E-state index contributed by atoms with van der Waals surface area (Å²) in [5, 5.41) is 53.0. The number of H-pyrrole nitrogens is 5. The minimum absolute atomic E-state index is 0.0122. The number of amidine groups is 1. The number of carbonyl (C=O) groups is 5. The second-order valence-electron chi connectivity index (χ2n) is 30.4. The number of hydrogen-bond acceptors (Lipinski definition) is 23. The summed E-state index contributed by atoms with van der Waals surface area (Å²) in [6.45, 7) is 57.2. The number of aromatic hydroxyl groups is 1. The number of aliphatic imine (C=N–C) groups is 1. The Bertz CT molecular complexity index is 4850. The van der Waals surface area contributed by atoms with E-state index in [4.69, 9.17) is 4.84 Å². The Morgan fingerprint density at radius 1 is 0.544 bits per heavy atom. The zero-order valence-electron chi connectivity index (χ0n) is 76.8. The molecule has 5 aromatic heterocycles. The molecule has 0 saturated carbocycles. The molecule has 6 aromatic rings. The van der Waals surface area contributed by atoms with Crippen molar-refractivity contribution >= 4 is 185 Å². The summed E-state index contributed by atoms with van der Waals surface area (Å²) in [6.07, 6.45) is 9.88. The van der Waals surface area contributed by atoms with Crippen LogP contribution in [0.3, 0.4) is 0 Å². The van der Waals surface area contributed by atoms with Crippen LogP contribution in [0.15, 0.2) is 132 Å². The second kappa shape index (κ2) is 55.5. The molecule has 10 unspecified atom stereocenters. The predicted molar refractivity (Wildman–Crippen MR) is 530 cm³/mol. The molecule has 6 aliphatic heterocycles. The summed E-state index contributed by atoms with van der Waals surface area (Å²) >= 11 is 0. The second-order valence-corrected chi connectivity index (χ2v) is 52.4. The summed E-state index contributed by atoms with van der Waals surface area (Å²) in [7, 11) is -10.7. The SMILES string of the molecule is C=C1N=S(=O)(C(C)C)NC1C.C=C1NC(=O)N(C(C)C)O1.C=S(C1=NCC(=O)N1)C(C)C.C=S(c1ccccc1O)C(C)C.C=S(c1ccn[nH]1)C(C)C.C=S(c1ncc[nH]1)C(C)C.C=S(c1ncn[nH]1)C(C)C.C=S(c1ncn[nH]1)C(C)C.C=S1(=O)CN(C(C)C)C(=O)N1.CC(C)N1CC(=O)NS1(=O)=O.CC(C)Nc1ncn[nH]1.CC(C)S1(=O)=NC(=O)CN1. The molecule has 38 nitrogen and oxygen atoms in total. The fraction of sp³-hybridized carbons (Fsp3) is 0.545. The van der Waals surface area contributed by atoms with Crippen molar-refractivity contribution in [3.05, 3.63) is 92.6 Å². The van der Waals surface area contributed by atoms with Crippen LogP contribution in [0.5, 0.6) is 5.75 Å². The monoisotopic (exact) mass is 1940 g/mol. The molecule has 0 bridgehead atoms. The number of amides is 7. The standard InChI is InChI=1S/C10H14OS.C7H12N2OS.C7H14N2OS.2C7H12N2S.2C6H11N3S.C6H12N2O2S.C6H10N2O2.C5H10N4.C5H10N2O3S.C5H10N2O2S/c1-8(2)12(3)10-7-5-4-6-9(10)11;1-5(2)11(3)7-8-4-6(10)9-7;1-5(2)11(10)8-6(3)7(4)9-11;1-6(2)10(3)7-8-4-5-9-7;1-6(2)10(3)7-4-5-8-9-7;2*1-5(2)10(3)6-7-4-8-9-6;1-5(2)8-4-11(3,10)7-6(8)9;1-4(2)8-6(9)7-5(3)10-8;1-4(2)8-5-6-3-7-9-5;1-4(2)7-3-5(8)6-11(7,9)10;1-4(2)10(9)6-3-5(8)7-10/h4-8,11H,3H2,1-2H3;5H,3-4H2,1-2H3,(H,8,9,10);5,7H,3H2,1-2,4H3,(H,8,9,10);2*4-6H,3H2,1-2H3,(H,8,9);2*4-5H,3H2,1-2H3,(H,7,8,9);5H,3-4H2,1-2H3,(H,7,9,10);4H,3H2,1-2H3,(H,7,9);3-4H,1-2H3,(H2,6,7,8,9);4H,3H2,1-2H3,(H,6,8);4H,3H2,1-2H3,(H,6,7,8,9). The Labute approximate surface area is 756 Å². The van der Waals surface area contributed by atoms with E-state index in [2.05, 4.69) is 247 Å². The Morgan fingerprint density at radius 3 is 1.34 bits per heavy atom. The summed E-state index contributed by atoms with van der Waals surface area (Å²) in [6, 6.07) is 9.28. The van der Waals surface area contributed by atoms with E-state index in [1.807, 2.05) is 97.5 Å². The van der Waals surface area contributed by atoms with Gasteiger partial charge in [0.25, 0.3) is 5.91 Å². The van der Waals surface area contributed by atoms with Gasteiger partial charge in [0, 0.05) is 62.6 Å². The highest BCUT2D eigenvalue weighted by atomic mass is 32.2. The Balaban J connectivity index is 0.000000682. The van der Waals surface area contributed by atoms with E-state index in [1.165, 1.54) is 28.9 Å². The molecule has 11 heterocycles. The van der Waals surface area contributed by atoms with Gasteiger partial charge in [0.05, 0.1) is 56.1 Å². The van der Waals surface area contributed by atoms with Crippen molar-refractivity contribution in [1.82, 2.24) is 109 Å². The van der Waals surface area contributed by atoms with Crippen LogP contribution < -0.4 is 34.8 Å². The number of phenolic OH excluding ortho intramolecular Hbond substituents is 1. The number of urea groups is 2. The topological polar surface area (TPSA) is 513 Å². The molecule has 10 atom stereocenters. The van der Waals surface area contributed by atoms with Crippen molar-refractivity contribution in [1.29, 1.82) is 0 Å². The molecule has 3 saturated heterocycles. The van der Waals surface area contributed by atoms with Gasteiger partial charge in [-0.1, -0.05) is 137 Å². The third-order valence-corrected chi connectivity index (χ3v) is 35.2. The van der Waals surface area contributed by atoms with Crippen LogP contribution in [0.1, 0.15) is 173 Å². The lowest BCUT2D eigenvalue weighted by molar-refractivity contribution is -0.119. The first-order valence-corrected chi connectivity index (χ1v) is 54.7. The van der Waals surface area contributed by atoms with Crippen molar-refractivity contribution in [3.63, 3.8) is 0 Å². The number of carbonyl (C=O) groups excluding carboxylic acids is 5. The Hall–Kier alpha value is -8.17. The minimum atomic E-state index is -3.50. The molecule has 1 aromatic carbocycles. The van der Waals surface area contributed by atoms with Gasteiger partial charge in [-0.05, 0) is 131 Å². The third kappa shape index (κ3) is 42.1. The van der Waals surface area contributed by atoms with Crippen molar-refractivity contribution in [3.8, 4) is 5.75 Å². The average molecular weight is 1940 g/mol. The Kier molecular flexibility index (Phi) is 51.0. The maximum Gasteiger partial charge on any atom is 0.357 e. The number of aromatic nitrogens is 13. The fourth-order valence-corrected chi connectivity index (χ4v) is 19.6. The van der Waals surface area contributed by atoms with Crippen molar-refractivity contribution in [2.45, 2.75) is 271 Å². The highest BCUT2D eigenvalue weighted by molar-refractivity contribution is 8.27. The van der Waals surface area contributed by atoms with E-state index >= 15 is 0 Å². The van der Waals surface area contributed by atoms with Gasteiger partial charge in [-0.2, -0.15) is 53.0 Å². The number of aromatic amines is 5. The minimum Gasteiger partial charge on any atom is -0.507 e. The van der Waals surface area contributed by atoms with E-state index in [1.54, 1.807) is 46.2 Å². The van der Waals surface area contributed by atoms with Gasteiger partial charge in [0.1, 0.15) is 57.0 Å². The fourth-order valence-electron chi connectivity index (χ4n) is 8.57. The van der Waals surface area contributed by atoms with Crippen molar-refractivity contribution < 1.29 is 55.0 Å². The van der Waals surface area contributed by atoms with Crippen LogP contribution in [0.2, 0.25) is 0 Å². The summed E-state index contributed by atoms with van der Waals surface area (Å²) in [5.41, 5.74) is 0.698. The molecule has 13 N–H and O–H groups in total. The first-order valence-electron chi connectivity index (χ1n) is 39.4. The van der Waals surface area contributed by atoms with Crippen molar-refractivity contribution in [2.24, 2.45) is 13.7 Å². The average Bonchev–Trinajstić information content (AvgIpc) is 1.68. The van der Waals surface area contributed by atoms with Crippen LogP contribution in [0.4, 0.5) is 15.5 Å². The van der Waals surface area contributed by atoms with E-state index in [0.29, 0.717) is 54.9 Å². The van der Waals surface area contributed by atoms with Gasteiger partial charge in [-0.3, -0.25) is 44.7 Å². The van der Waals surface area contributed by atoms with Crippen LogP contribution in [0, 0.1) is 0 Å². The zero-order valence-corrected chi connectivity index (χ0v) is 85.0. The number of rotatable bonds is 18. The number of benzene rings is 1. The van der Waals surface area contributed by atoms with Gasteiger partial charge in [-0.25, -0.2) is 61.4 Å². The molecule has 48 heteroatoms. The number of phenols is 1. The lowest BCUT2D eigenvalue weighted by atomic mass is 10.3. The van der Waals surface area contributed by atoms with E-state index < -0.39 is 45.7 Å². The van der Waals surface area contributed by atoms with Gasteiger partial charge in [-0.15, -0.1) is 56.8 Å². The number of para-hydroxylation sites is 1. The summed E-state index contributed by atoms with van der Waals surface area (Å²) in [5.74, 6) is 28.2. The predicted octanol–water partition coefficient (Wildman–Crippen LogP) is 11.5. The highest BCUT2D eigenvalue weighted by Gasteiger charge is 2.36. The summed E-state index contributed by atoms with van der Waals surface area (Å²) in [4.78, 5) is 84.3. The number of hydroxylamine groups is 2. The molecule has 7 amide bonds. The number of nitrogens with zero attached hydrogens (tertiary/aromatic N) is 14. The molecule has 0 spiro atoms. The highest BCUT2D eigenvalue weighted by Crippen LogP contribution is 2.36. The smallest absolute Gasteiger partial charge is 0.357 e. The molecular weight excluding hydrogens is 1800 g/mol. The van der Waals surface area contributed by atoms with Crippen LogP contribution >= 0.6 is 62.9 Å². The van der Waals surface area contributed by atoms with Gasteiger partial charge in [0.15, 0.2) is 20.6 Å². The molecule has 708 valence electrons. The maximum atomic E-state index is 11.8. The first-order chi connectivity index (χ1) is 57.8. The zero-order chi connectivity index (χ0) is 95.9. The lowest BCUT2D eigenvalue weighted by Crippen LogP contribution is -2.34. The van der Waals surface area contributed by atoms with Gasteiger partial charge in [0.2, 0.25) is 23.6 Å². The Morgan fingerprint density at radius 2 is 1.06 bits per heavy atom. The largest absolute Gasteiger partial charge is 0.507 e. The number of hydrogen-bond donors (Lipinski definition) is 13. The van der Waals surface area contributed by atoms with Gasteiger partial charge >= 0.3 is 22.3 Å². The molecule has 12 rings (SSSR count). The van der Waals surface area contributed by atoms with Crippen LogP contribution in [-0.2, 0) is 59.0 Å². The number of anilines is 1. The van der Waals surface area contributed by atoms with Crippen LogP contribution in [0.25, 0.3) is 0 Å². The normalized spacial score (nSPS) is 20.4. The molecular formula is C77H138N26O12S10. The first kappa shape index (κ1) is 115. The quantitative estimate of drug-likeness (QED) is 0.0355. The summed E-state index contributed by atoms with van der Waals surface area (Å²) < 4.78 is 74.8. The van der Waals surface area contributed by atoms with Gasteiger partial charge < -0.3 is 30.5 Å². The number of imidazole rings is 1. The van der Waals surface area contributed by atoms with E-state index in [0.717, 1.165) is 40.8 Å². The molecule has 125 heavy (non-hydrogen) atoms.